The number of aromatic nitrogens is 1. The zero-order valence-corrected chi connectivity index (χ0v) is 12.2. The van der Waals surface area contributed by atoms with Crippen LogP contribution in [0.3, 0.4) is 0 Å². The summed E-state index contributed by atoms with van der Waals surface area (Å²) in [4.78, 5) is 17.7. The topological polar surface area (TPSA) is 33.2 Å². The van der Waals surface area contributed by atoms with Gasteiger partial charge in [0.05, 0.1) is 17.6 Å². The third-order valence-corrected chi connectivity index (χ3v) is 3.22. The minimum absolute atomic E-state index is 0.229. The molecule has 3 nitrogen and oxygen atoms in total. The summed E-state index contributed by atoms with van der Waals surface area (Å²) in [5.41, 5.74) is 0.888. The summed E-state index contributed by atoms with van der Waals surface area (Å²) in [5, 5.41) is 1.26. The van der Waals surface area contributed by atoms with Crippen molar-refractivity contribution in [1.29, 1.82) is 0 Å². The van der Waals surface area contributed by atoms with Gasteiger partial charge < -0.3 is 4.90 Å². The van der Waals surface area contributed by atoms with Crippen molar-refractivity contribution in [3.8, 4) is 0 Å². The molecule has 1 heterocycles. The minimum atomic E-state index is -2.55. The fraction of sp³-hybridized carbons (Fsp3) is 0.286. The van der Waals surface area contributed by atoms with E-state index in [2.05, 4.69) is 20.9 Å². The maximum Gasteiger partial charge on any atom is 0.256 e. The highest BCUT2D eigenvalue weighted by Crippen LogP contribution is 2.18. The number of hydrogen-bond donors (Lipinski definition) is 0. The van der Waals surface area contributed by atoms with Gasteiger partial charge in [-0.2, -0.15) is 0 Å². The number of para-hydroxylation sites is 1. The predicted molar refractivity (Wildman–Crippen MR) is 77.4 cm³/mol. The first-order valence-corrected chi connectivity index (χ1v) is 7.22. The second-order valence-electron chi connectivity index (χ2n) is 4.21. The van der Waals surface area contributed by atoms with Gasteiger partial charge in [-0.05, 0) is 12.1 Å². The second kappa shape index (κ2) is 6.74. The van der Waals surface area contributed by atoms with Crippen LogP contribution in [0.1, 0.15) is 10.4 Å². The summed E-state index contributed by atoms with van der Waals surface area (Å²) < 4.78 is 25.1. The van der Waals surface area contributed by atoms with Crippen molar-refractivity contribution in [2.24, 2.45) is 0 Å². The molecule has 1 aromatic carbocycles. The predicted octanol–water partition coefficient (Wildman–Crippen LogP) is 3.34. The van der Waals surface area contributed by atoms with Crippen molar-refractivity contribution >= 4 is 32.7 Å². The number of amides is 1. The Balaban J connectivity index is 2.38. The average Bonchev–Trinajstić information content (AvgIpc) is 2.45. The Labute approximate surface area is 123 Å². The van der Waals surface area contributed by atoms with Gasteiger partial charge >= 0.3 is 0 Å². The van der Waals surface area contributed by atoms with Crippen LogP contribution in [0.2, 0.25) is 0 Å². The maximum absolute atomic E-state index is 12.6. The molecular weight excluding hydrogens is 330 g/mol. The number of pyridine rings is 1. The van der Waals surface area contributed by atoms with Gasteiger partial charge in [-0.25, -0.2) is 8.78 Å². The third kappa shape index (κ3) is 3.30. The Kier molecular flexibility index (Phi) is 5.00. The van der Waals surface area contributed by atoms with E-state index in [1.54, 1.807) is 24.4 Å². The number of alkyl halides is 3. The molecule has 0 saturated carbocycles. The quantitative estimate of drug-likeness (QED) is 0.781. The van der Waals surface area contributed by atoms with Crippen LogP contribution >= 0.6 is 15.9 Å². The highest BCUT2D eigenvalue weighted by atomic mass is 79.9. The molecular formula is C14H13BrF2N2O. The minimum Gasteiger partial charge on any atom is -0.332 e. The summed E-state index contributed by atoms with van der Waals surface area (Å²) in [6, 6.07) is 8.78. The number of nitrogens with zero attached hydrogens (tertiary/aromatic N) is 2. The molecule has 0 unspecified atom stereocenters. The van der Waals surface area contributed by atoms with Crippen LogP contribution in [0.5, 0.6) is 0 Å². The highest BCUT2D eigenvalue weighted by Gasteiger charge is 2.21. The number of carbonyl (C=O) groups excluding carboxylic acids is 1. The van der Waals surface area contributed by atoms with Crippen LogP contribution in [-0.2, 0) is 0 Å². The van der Waals surface area contributed by atoms with Crippen LogP contribution in [0.4, 0.5) is 8.78 Å². The number of halogens is 3. The zero-order chi connectivity index (χ0) is 14.5. The van der Waals surface area contributed by atoms with Crippen molar-refractivity contribution in [2.75, 3.05) is 18.4 Å². The molecule has 0 saturated heterocycles. The summed E-state index contributed by atoms with van der Waals surface area (Å²) in [6.07, 6.45) is -0.970. The van der Waals surface area contributed by atoms with Crippen LogP contribution < -0.4 is 0 Å². The van der Waals surface area contributed by atoms with Gasteiger partial charge in [0.2, 0.25) is 0 Å². The Morgan fingerprint density at radius 1 is 1.30 bits per heavy atom. The molecule has 2 aromatic rings. The lowest BCUT2D eigenvalue weighted by atomic mass is 10.1. The fourth-order valence-corrected chi connectivity index (χ4v) is 2.42. The summed E-state index contributed by atoms with van der Waals surface area (Å²) >= 11 is 3.18. The van der Waals surface area contributed by atoms with Crippen molar-refractivity contribution in [2.45, 2.75) is 6.43 Å². The first-order chi connectivity index (χ1) is 9.63. The van der Waals surface area contributed by atoms with Gasteiger partial charge in [-0.3, -0.25) is 9.78 Å². The van der Waals surface area contributed by atoms with E-state index in [-0.39, 0.29) is 6.54 Å². The first kappa shape index (κ1) is 14.8. The average molecular weight is 343 g/mol. The van der Waals surface area contributed by atoms with Crippen molar-refractivity contribution in [3.63, 3.8) is 0 Å². The van der Waals surface area contributed by atoms with E-state index in [4.69, 9.17) is 0 Å². The van der Waals surface area contributed by atoms with E-state index in [1.165, 1.54) is 0 Å². The zero-order valence-electron chi connectivity index (χ0n) is 10.6. The molecule has 0 N–H and O–H groups in total. The lowest BCUT2D eigenvalue weighted by Crippen LogP contribution is -2.36. The summed E-state index contributed by atoms with van der Waals surface area (Å²) in [7, 11) is 0. The Bertz CT molecular complexity index is 601. The van der Waals surface area contributed by atoms with Crippen LogP contribution in [0.25, 0.3) is 10.9 Å². The lowest BCUT2D eigenvalue weighted by Gasteiger charge is -2.21. The molecule has 0 spiro atoms. The number of fused-ring (bicyclic) bond motifs is 1. The van der Waals surface area contributed by atoms with E-state index < -0.39 is 18.9 Å². The van der Waals surface area contributed by atoms with Crippen LogP contribution in [0, 0.1) is 0 Å². The number of rotatable bonds is 5. The molecule has 0 aliphatic rings. The normalized spacial score (nSPS) is 11.0. The molecule has 0 fully saturated rings. The summed E-state index contributed by atoms with van der Waals surface area (Å²) in [5.74, 6) is -0.422. The van der Waals surface area contributed by atoms with Crippen LogP contribution in [-0.4, -0.2) is 40.6 Å². The molecule has 1 amide bonds. The van der Waals surface area contributed by atoms with E-state index in [0.29, 0.717) is 16.4 Å². The largest absolute Gasteiger partial charge is 0.332 e. The molecule has 20 heavy (non-hydrogen) atoms. The highest BCUT2D eigenvalue weighted by molar-refractivity contribution is 9.09. The third-order valence-electron chi connectivity index (χ3n) is 2.86. The smallest absolute Gasteiger partial charge is 0.256 e. The van der Waals surface area contributed by atoms with E-state index in [1.807, 2.05) is 12.1 Å². The Morgan fingerprint density at radius 2 is 2.05 bits per heavy atom. The van der Waals surface area contributed by atoms with Crippen molar-refractivity contribution in [1.82, 2.24) is 9.88 Å². The molecule has 0 radical (unpaired) electrons. The number of carbonyl (C=O) groups is 1. The van der Waals surface area contributed by atoms with Gasteiger partial charge in [0, 0.05) is 23.5 Å². The number of hydrogen-bond acceptors (Lipinski definition) is 2. The van der Waals surface area contributed by atoms with Gasteiger partial charge in [-0.1, -0.05) is 34.1 Å². The van der Waals surface area contributed by atoms with E-state index in [0.717, 1.165) is 10.3 Å². The molecule has 0 bridgehead atoms. The summed E-state index contributed by atoms with van der Waals surface area (Å²) in [6.45, 7) is -0.347. The molecule has 6 heteroatoms. The van der Waals surface area contributed by atoms with Crippen LogP contribution in [0.15, 0.2) is 36.5 Å². The van der Waals surface area contributed by atoms with E-state index >= 15 is 0 Å². The molecule has 0 atom stereocenters. The van der Waals surface area contributed by atoms with Crippen molar-refractivity contribution < 1.29 is 13.6 Å². The monoisotopic (exact) mass is 342 g/mol. The Hall–Kier alpha value is -1.56. The van der Waals surface area contributed by atoms with E-state index in [9.17, 15) is 13.6 Å². The lowest BCUT2D eigenvalue weighted by molar-refractivity contribution is 0.0574. The van der Waals surface area contributed by atoms with Crippen molar-refractivity contribution in [3.05, 3.63) is 42.1 Å². The molecule has 1 aromatic heterocycles. The molecule has 0 aliphatic carbocycles. The van der Waals surface area contributed by atoms with Gasteiger partial charge in [-0.15, -0.1) is 0 Å². The van der Waals surface area contributed by atoms with Gasteiger partial charge in [0.25, 0.3) is 12.3 Å². The molecule has 2 rings (SSSR count). The molecule has 0 aliphatic heterocycles. The molecule has 106 valence electrons. The Morgan fingerprint density at radius 3 is 2.75 bits per heavy atom. The SMILES string of the molecule is O=C(c1cccc2cccnc12)N(CCBr)CC(F)F. The van der Waals surface area contributed by atoms with Gasteiger partial charge in [0.15, 0.2) is 0 Å². The standard InChI is InChI=1S/C14H13BrF2N2O/c15-6-8-19(9-12(16)17)14(20)11-5-1-3-10-4-2-7-18-13(10)11/h1-5,7,12H,6,8-9H2. The number of benzene rings is 1. The fourth-order valence-electron chi connectivity index (χ4n) is 1.99. The van der Waals surface area contributed by atoms with Gasteiger partial charge in [0.1, 0.15) is 0 Å². The second-order valence-corrected chi connectivity index (χ2v) is 5.00. The maximum atomic E-state index is 12.6. The first-order valence-electron chi connectivity index (χ1n) is 6.10.